The highest BCUT2D eigenvalue weighted by Crippen LogP contribution is 2.31. The molecule has 0 radical (unpaired) electrons. The van der Waals surface area contributed by atoms with E-state index in [1.165, 1.54) is 25.7 Å². The van der Waals surface area contributed by atoms with Gasteiger partial charge in [0.2, 0.25) is 5.91 Å². The van der Waals surface area contributed by atoms with Gasteiger partial charge < -0.3 is 10.2 Å². The van der Waals surface area contributed by atoms with Crippen LogP contribution in [0, 0.1) is 11.3 Å². The summed E-state index contributed by atoms with van der Waals surface area (Å²) in [6, 6.07) is 0.528. The van der Waals surface area contributed by atoms with Crippen LogP contribution in [0.1, 0.15) is 46.5 Å². The average molecular weight is 238 g/mol. The van der Waals surface area contributed by atoms with Crippen LogP contribution < -0.4 is 5.32 Å². The van der Waals surface area contributed by atoms with Gasteiger partial charge in [0, 0.05) is 24.5 Å². The number of hydrogen-bond acceptors (Lipinski definition) is 2. The fourth-order valence-electron chi connectivity index (χ4n) is 2.51. The summed E-state index contributed by atoms with van der Waals surface area (Å²) in [5, 5.41) is 3.49. The second-order valence-corrected chi connectivity index (χ2v) is 6.70. The van der Waals surface area contributed by atoms with Crippen molar-refractivity contribution in [3.8, 4) is 0 Å². The predicted octanol–water partition coefficient (Wildman–Crippen LogP) is 2.02. The quantitative estimate of drug-likeness (QED) is 0.812. The number of rotatable bonds is 4. The van der Waals surface area contributed by atoms with Gasteiger partial charge in [-0.1, -0.05) is 20.8 Å². The van der Waals surface area contributed by atoms with Gasteiger partial charge in [0.05, 0.1) is 0 Å². The van der Waals surface area contributed by atoms with Crippen LogP contribution >= 0.6 is 0 Å². The van der Waals surface area contributed by atoms with Crippen molar-refractivity contribution in [2.75, 3.05) is 19.6 Å². The highest BCUT2D eigenvalue weighted by Gasteiger charge is 2.33. The molecule has 1 N–H and O–H groups in total. The van der Waals surface area contributed by atoms with Crippen molar-refractivity contribution in [1.29, 1.82) is 0 Å². The smallest absolute Gasteiger partial charge is 0.228 e. The van der Waals surface area contributed by atoms with Gasteiger partial charge in [-0.05, 0) is 38.1 Å². The van der Waals surface area contributed by atoms with Gasteiger partial charge >= 0.3 is 0 Å². The Balaban J connectivity index is 1.93. The Labute approximate surface area is 105 Å². The van der Waals surface area contributed by atoms with Gasteiger partial charge in [-0.15, -0.1) is 0 Å². The fourth-order valence-corrected chi connectivity index (χ4v) is 2.51. The third-order valence-corrected chi connectivity index (χ3v) is 3.71. The van der Waals surface area contributed by atoms with E-state index >= 15 is 0 Å². The average Bonchev–Trinajstić information content (AvgIpc) is 2.90. The van der Waals surface area contributed by atoms with Crippen molar-refractivity contribution < 1.29 is 4.79 Å². The Morgan fingerprint density at radius 3 is 2.41 bits per heavy atom. The summed E-state index contributed by atoms with van der Waals surface area (Å²) in [5.41, 5.74) is -0.243. The molecule has 2 fully saturated rings. The Bertz CT molecular complexity index is 272. The van der Waals surface area contributed by atoms with E-state index in [1.54, 1.807) is 0 Å². The molecule has 0 bridgehead atoms. The second kappa shape index (κ2) is 4.97. The molecule has 0 aromatic rings. The third kappa shape index (κ3) is 3.70. The largest absolute Gasteiger partial charge is 0.340 e. The highest BCUT2D eigenvalue weighted by molar-refractivity contribution is 5.81. The van der Waals surface area contributed by atoms with Crippen LogP contribution in [0.5, 0.6) is 0 Å². The molecule has 1 heterocycles. The zero-order valence-corrected chi connectivity index (χ0v) is 11.5. The Morgan fingerprint density at radius 2 is 1.94 bits per heavy atom. The molecule has 1 saturated heterocycles. The highest BCUT2D eigenvalue weighted by atomic mass is 16.2. The maximum atomic E-state index is 12.4. The molecule has 1 atom stereocenters. The summed E-state index contributed by atoms with van der Waals surface area (Å²) in [4.78, 5) is 14.5. The van der Waals surface area contributed by atoms with Crippen molar-refractivity contribution >= 4 is 5.91 Å². The van der Waals surface area contributed by atoms with Crippen LogP contribution in [0.25, 0.3) is 0 Å². The third-order valence-electron chi connectivity index (χ3n) is 3.71. The molecule has 3 nitrogen and oxygen atoms in total. The second-order valence-electron chi connectivity index (χ2n) is 6.70. The summed E-state index contributed by atoms with van der Waals surface area (Å²) < 4.78 is 0. The maximum absolute atomic E-state index is 12.4. The summed E-state index contributed by atoms with van der Waals surface area (Å²) >= 11 is 0. The summed E-state index contributed by atoms with van der Waals surface area (Å²) in [6.45, 7) is 9.08. The SMILES string of the molecule is CC(C)(C)C(=O)N(CC1CC1)CC1CCCN1. The van der Waals surface area contributed by atoms with Gasteiger partial charge in [0.15, 0.2) is 0 Å². The molecule has 2 rings (SSSR count). The van der Waals surface area contributed by atoms with Crippen molar-refractivity contribution in [2.45, 2.75) is 52.5 Å². The minimum atomic E-state index is -0.243. The first kappa shape index (κ1) is 12.9. The number of nitrogens with one attached hydrogen (secondary N) is 1. The van der Waals surface area contributed by atoms with Crippen molar-refractivity contribution in [3.05, 3.63) is 0 Å². The van der Waals surface area contributed by atoms with Gasteiger partial charge in [0.1, 0.15) is 0 Å². The lowest BCUT2D eigenvalue weighted by Gasteiger charge is -2.31. The van der Waals surface area contributed by atoms with Crippen LogP contribution in [-0.4, -0.2) is 36.5 Å². The molecular formula is C14H26N2O. The number of nitrogens with zero attached hydrogens (tertiary/aromatic N) is 1. The number of hydrogen-bond donors (Lipinski definition) is 1. The molecule has 0 spiro atoms. The van der Waals surface area contributed by atoms with E-state index < -0.39 is 0 Å². The lowest BCUT2D eigenvalue weighted by atomic mass is 9.94. The minimum Gasteiger partial charge on any atom is -0.340 e. The molecule has 0 aromatic carbocycles. The van der Waals surface area contributed by atoms with Gasteiger partial charge in [-0.3, -0.25) is 4.79 Å². The molecule has 3 heteroatoms. The van der Waals surface area contributed by atoms with E-state index in [1.807, 2.05) is 20.8 Å². The molecule has 1 saturated carbocycles. The zero-order valence-electron chi connectivity index (χ0n) is 11.5. The van der Waals surface area contributed by atoms with Crippen LogP contribution in [0.15, 0.2) is 0 Å². The molecule has 0 aromatic heterocycles. The standard InChI is InChI=1S/C14H26N2O/c1-14(2,3)13(17)16(9-11-6-7-11)10-12-5-4-8-15-12/h11-12,15H,4-10H2,1-3H3. The molecule has 1 aliphatic heterocycles. The summed E-state index contributed by atoms with van der Waals surface area (Å²) in [6.07, 6.45) is 5.10. The van der Waals surface area contributed by atoms with E-state index in [9.17, 15) is 4.79 Å². The van der Waals surface area contributed by atoms with Crippen molar-refractivity contribution in [2.24, 2.45) is 11.3 Å². The first-order valence-corrected chi connectivity index (χ1v) is 6.99. The molecule has 17 heavy (non-hydrogen) atoms. The molecular weight excluding hydrogens is 212 g/mol. The van der Waals surface area contributed by atoms with Crippen molar-refractivity contribution in [1.82, 2.24) is 10.2 Å². The van der Waals surface area contributed by atoms with E-state index in [-0.39, 0.29) is 5.41 Å². The monoisotopic (exact) mass is 238 g/mol. The normalized spacial score (nSPS) is 25.0. The Morgan fingerprint density at radius 1 is 1.24 bits per heavy atom. The number of carbonyl (C=O) groups is 1. The lowest BCUT2D eigenvalue weighted by molar-refractivity contribution is -0.140. The van der Waals surface area contributed by atoms with Gasteiger partial charge in [-0.25, -0.2) is 0 Å². The van der Waals surface area contributed by atoms with E-state index in [0.717, 1.165) is 25.6 Å². The lowest BCUT2D eigenvalue weighted by Crippen LogP contribution is -2.46. The molecule has 1 amide bonds. The van der Waals surface area contributed by atoms with Gasteiger partial charge in [-0.2, -0.15) is 0 Å². The molecule has 1 aliphatic carbocycles. The number of amides is 1. The van der Waals surface area contributed by atoms with Crippen molar-refractivity contribution in [3.63, 3.8) is 0 Å². The summed E-state index contributed by atoms with van der Waals surface area (Å²) in [5.74, 6) is 1.10. The molecule has 1 unspecified atom stereocenters. The topological polar surface area (TPSA) is 32.3 Å². The van der Waals surface area contributed by atoms with Gasteiger partial charge in [0.25, 0.3) is 0 Å². The van der Waals surface area contributed by atoms with E-state index in [2.05, 4.69) is 10.2 Å². The van der Waals surface area contributed by atoms with Crippen LogP contribution in [-0.2, 0) is 4.79 Å². The van der Waals surface area contributed by atoms with E-state index in [4.69, 9.17) is 0 Å². The first-order valence-electron chi connectivity index (χ1n) is 6.99. The van der Waals surface area contributed by atoms with Crippen LogP contribution in [0.4, 0.5) is 0 Å². The molecule has 98 valence electrons. The van der Waals surface area contributed by atoms with Crippen LogP contribution in [0.3, 0.4) is 0 Å². The molecule has 2 aliphatic rings. The minimum absolute atomic E-state index is 0.243. The number of carbonyl (C=O) groups excluding carboxylic acids is 1. The Kier molecular flexibility index (Phi) is 3.76. The first-order chi connectivity index (χ1) is 7.97. The Hall–Kier alpha value is -0.570. The predicted molar refractivity (Wildman–Crippen MR) is 69.8 cm³/mol. The fraction of sp³-hybridized carbons (Fsp3) is 0.929. The zero-order chi connectivity index (χ0) is 12.5. The maximum Gasteiger partial charge on any atom is 0.228 e. The van der Waals surface area contributed by atoms with Crippen LogP contribution in [0.2, 0.25) is 0 Å². The summed E-state index contributed by atoms with van der Waals surface area (Å²) in [7, 11) is 0. The van der Waals surface area contributed by atoms with E-state index in [0.29, 0.717) is 11.9 Å².